The van der Waals surface area contributed by atoms with E-state index in [4.69, 9.17) is 14.8 Å². The Morgan fingerprint density at radius 3 is 2.69 bits per heavy atom. The molecule has 0 atom stereocenters. The van der Waals surface area contributed by atoms with E-state index in [0.717, 1.165) is 66.9 Å². The second-order valence-corrected chi connectivity index (χ2v) is 9.80. The first-order valence-electron chi connectivity index (χ1n) is 11.7. The van der Waals surface area contributed by atoms with Crippen LogP contribution in [-0.4, -0.2) is 57.0 Å². The summed E-state index contributed by atoms with van der Waals surface area (Å²) in [7, 11) is 0. The van der Waals surface area contributed by atoms with Crippen LogP contribution in [0.4, 0.5) is 0 Å². The summed E-state index contributed by atoms with van der Waals surface area (Å²) in [6.07, 6.45) is 7.92. The summed E-state index contributed by atoms with van der Waals surface area (Å²) in [6.45, 7) is 3.95. The number of aromatic nitrogens is 4. The monoisotopic (exact) mass is 447 g/mol. The molecule has 1 saturated carbocycles. The molecule has 3 aromatic heterocycles. The van der Waals surface area contributed by atoms with Crippen molar-refractivity contribution < 1.29 is 4.74 Å². The number of imidazole rings is 1. The van der Waals surface area contributed by atoms with Crippen LogP contribution in [0.5, 0.6) is 0 Å². The summed E-state index contributed by atoms with van der Waals surface area (Å²) in [5, 5.41) is 9.26. The zero-order valence-electron chi connectivity index (χ0n) is 18.2. The van der Waals surface area contributed by atoms with E-state index in [-0.39, 0.29) is 0 Å². The quantitative estimate of drug-likeness (QED) is 0.473. The molecule has 1 saturated heterocycles. The van der Waals surface area contributed by atoms with Crippen molar-refractivity contribution in [2.24, 2.45) is 0 Å². The van der Waals surface area contributed by atoms with E-state index in [9.17, 15) is 0 Å². The molecule has 1 aromatic carbocycles. The number of ether oxygens (including phenoxy) is 1. The highest BCUT2D eigenvalue weighted by Gasteiger charge is 2.28. The van der Waals surface area contributed by atoms with Gasteiger partial charge in [-0.05, 0) is 66.3 Å². The van der Waals surface area contributed by atoms with Gasteiger partial charge in [-0.3, -0.25) is 9.58 Å². The molecule has 7 heteroatoms. The maximum absolute atomic E-state index is 5.52. The van der Waals surface area contributed by atoms with Gasteiger partial charge in [-0.2, -0.15) is 16.4 Å². The fourth-order valence-electron chi connectivity index (χ4n) is 5.22. The van der Waals surface area contributed by atoms with Crippen LogP contribution in [0.3, 0.4) is 0 Å². The van der Waals surface area contributed by atoms with Gasteiger partial charge in [-0.1, -0.05) is 6.07 Å². The summed E-state index contributed by atoms with van der Waals surface area (Å²) in [5.74, 6) is 1.01. The average molecular weight is 448 g/mol. The Balaban J connectivity index is 1.14. The molecule has 1 aliphatic heterocycles. The standard InChI is InChI=1S/C25H29N5OS/c1-6-23-24(27-25(26-23)15-18-8-14-32-17-18)16-19(1)22-7-9-30(28-22)21-4-2-20(3-5-21)29-10-12-31-13-11-29/h1,6-9,14,16-17,20-21H,2-5,10-13,15H2,(H,26,27). The number of hydrogen-bond donors (Lipinski definition) is 1. The van der Waals surface area contributed by atoms with E-state index in [1.54, 1.807) is 11.3 Å². The lowest BCUT2D eigenvalue weighted by atomic mass is 9.90. The first-order valence-corrected chi connectivity index (χ1v) is 12.6. The Kier molecular flexibility index (Phi) is 5.55. The molecule has 4 heterocycles. The third kappa shape index (κ3) is 4.12. The van der Waals surface area contributed by atoms with Gasteiger partial charge in [0.1, 0.15) is 5.82 Å². The van der Waals surface area contributed by atoms with Gasteiger partial charge in [0.25, 0.3) is 0 Å². The number of morpholine rings is 1. The molecule has 166 valence electrons. The zero-order valence-corrected chi connectivity index (χ0v) is 19.1. The van der Waals surface area contributed by atoms with Crippen molar-refractivity contribution in [1.82, 2.24) is 24.6 Å². The number of hydrogen-bond acceptors (Lipinski definition) is 5. The smallest absolute Gasteiger partial charge is 0.111 e. The van der Waals surface area contributed by atoms with Gasteiger partial charge in [-0.15, -0.1) is 0 Å². The molecule has 0 unspecified atom stereocenters. The Morgan fingerprint density at radius 1 is 1.03 bits per heavy atom. The summed E-state index contributed by atoms with van der Waals surface area (Å²) in [6, 6.07) is 12.0. The van der Waals surface area contributed by atoms with Crippen molar-refractivity contribution in [1.29, 1.82) is 0 Å². The van der Waals surface area contributed by atoms with Crippen LogP contribution in [0, 0.1) is 0 Å². The van der Waals surface area contributed by atoms with Crippen LogP contribution in [0.15, 0.2) is 47.3 Å². The Hall–Kier alpha value is -2.48. The van der Waals surface area contributed by atoms with Gasteiger partial charge in [0.2, 0.25) is 0 Å². The van der Waals surface area contributed by atoms with E-state index in [0.29, 0.717) is 6.04 Å². The molecule has 0 radical (unpaired) electrons. The second-order valence-electron chi connectivity index (χ2n) is 9.02. The third-order valence-electron chi connectivity index (χ3n) is 6.99. The minimum Gasteiger partial charge on any atom is -0.379 e. The number of thiophene rings is 1. The predicted octanol–water partition coefficient (Wildman–Crippen LogP) is 4.89. The van der Waals surface area contributed by atoms with Crippen LogP contribution in [0.1, 0.15) is 43.1 Å². The molecular weight excluding hydrogens is 418 g/mol. The topological polar surface area (TPSA) is 59.0 Å². The zero-order chi connectivity index (χ0) is 21.3. The lowest BCUT2D eigenvalue weighted by molar-refractivity contribution is 0.00507. The van der Waals surface area contributed by atoms with E-state index in [1.165, 1.54) is 31.2 Å². The Bertz CT molecular complexity index is 1170. The number of nitrogens with one attached hydrogen (secondary N) is 1. The first-order chi connectivity index (χ1) is 15.8. The molecule has 2 fully saturated rings. The van der Waals surface area contributed by atoms with E-state index in [2.05, 4.69) is 61.9 Å². The lowest BCUT2D eigenvalue weighted by Gasteiger charge is -2.38. The lowest BCUT2D eigenvalue weighted by Crippen LogP contribution is -2.45. The van der Waals surface area contributed by atoms with Crippen molar-refractivity contribution in [2.75, 3.05) is 26.3 Å². The van der Waals surface area contributed by atoms with Gasteiger partial charge < -0.3 is 9.72 Å². The predicted molar refractivity (Wildman–Crippen MR) is 128 cm³/mol. The molecule has 1 N–H and O–H groups in total. The van der Waals surface area contributed by atoms with Gasteiger partial charge in [0.15, 0.2) is 0 Å². The number of fused-ring (bicyclic) bond motifs is 1. The molecule has 0 bridgehead atoms. The van der Waals surface area contributed by atoms with E-state index >= 15 is 0 Å². The molecular formula is C25H29N5OS. The molecule has 32 heavy (non-hydrogen) atoms. The van der Waals surface area contributed by atoms with E-state index < -0.39 is 0 Å². The SMILES string of the molecule is c1cc(Cc2nc3ccc(-c4ccn(C5CCC(N6CCOCC6)CC5)n4)cc3[nH]2)cs1. The number of aromatic amines is 1. The van der Waals surface area contributed by atoms with Crippen LogP contribution in [0.25, 0.3) is 22.3 Å². The highest BCUT2D eigenvalue weighted by molar-refractivity contribution is 7.07. The molecule has 1 aliphatic carbocycles. The largest absolute Gasteiger partial charge is 0.379 e. The number of H-pyrrole nitrogens is 1. The number of rotatable bonds is 5. The van der Waals surface area contributed by atoms with Crippen molar-refractivity contribution >= 4 is 22.4 Å². The van der Waals surface area contributed by atoms with Crippen molar-refractivity contribution in [2.45, 2.75) is 44.2 Å². The third-order valence-corrected chi connectivity index (χ3v) is 7.72. The van der Waals surface area contributed by atoms with Gasteiger partial charge in [0, 0.05) is 37.3 Å². The van der Waals surface area contributed by atoms with Gasteiger partial charge >= 0.3 is 0 Å². The molecule has 4 aromatic rings. The molecule has 2 aliphatic rings. The summed E-state index contributed by atoms with van der Waals surface area (Å²) >= 11 is 1.73. The van der Waals surface area contributed by atoms with E-state index in [1.807, 2.05) is 0 Å². The second kappa shape index (κ2) is 8.81. The highest BCUT2D eigenvalue weighted by atomic mass is 32.1. The van der Waals surface area contributed by atoms with Crippen LogP contribution < -0.4 is 0 Å². The Labute approximate surface area is 192 Å². The van der Waals surface area contributed by atoms with Crippen molar-refractivity contribution in [3.05, 3.63) is 58.7 Å². The van der Waals surface area contributed by atoms with Gasteiger partial charge in [-0.25, -0.2) is 4.98 Å². The maximum Gasteiger partial charge on any atom is 0.111 e. The highest BCUT2D eigenvalue weighted by Crippen LogP contribution is 2.32. The molecule has 0 spiro atoms. The molecule has 6 rings (SSSR count). The van der Waals surface area contributed by atoms with Crippen molar-refractivity contribution in [3.63, 3.8) is 0 Å². The fraction of sp³-hybridized carbons (Fsp3) is 0.440. The first kappa shape index (κ1) is 20.1. The average Bonchev–Trinajstić information content (AvgIpc) is 3.60. The summed E-state index contributed by atoms with van der Waals surface area (Å²) < 4.78 is 7.71. The van der Waals surface area contributed by atoms with Crippen molar-refractivity contribution in [3.8, 4) is 11.3 Å². The van der Waals surface area contributed by atoms with Crippen LogP contribution in [-0.2, 0) is 11.2 Å². The Morgan fingerprint density at radius 2 is 1.88 bits per heavy atom. The van der Waals surface area contributed by atoms with Gasteiger partial charge in [0.05, 0.1) is 36.0 Å². The molecule has 6 nitrogen and oxygen atoms in total. The fourth-order valence-corrected chi connectivity index (χ4v) is 5.89. The maximum atomic E-state index is 5.52. The summed E-state index contributed by atoms with van der Waals surface area (Å²) in [5.41, 5.74) is 5.57. The van der Waals surface area contributed by atoms with Crippen LogP contribution >= 0.6 is 11.3 Å². The minimum atomic E-state index is 0.508. The molecule has 0 amide bonds. The summed E-state index contributed by atoms with van der Waals surface area (Å²) in [4.78, 5) is 10.9. The normalized spacial score (nSPS) is 22.5. The number of benzene rings is 1. The number of nitrogens with zero attached hydrogens (tertiary/aromatic N) is 4. The van der Waals surface area contributed by atoms with Crippen LogP contribution in [0.2, 0.25) is 0 Å². The minimum absolute atomic E-state index is 0.508.